The van der Waals surface area contributed by atoms with E-state index in [0.29, 0.717) is 18.9 Å². The quantitative estimate of drug-likeness (QED) is 0.898. The lowest BCUT2D eigenvalue weighted by Crippen LogP contribution is -2.30. The highest BCUT2D eigenvalue weighted by Gasteiger charge is 2.20. The molecule has 0 bridgehead atoms. The summed E-state index contributed by atoms with van der Waals surface area (Å²) in [4.78, 5) is 18.4. The lowest BCUT2D eigenvalue weighted by molar-refractivity contribution is -0.131. The molecule has 1 atom stereocenters. The molecule has 1 aromatic rings. The minimum atomic E-state index is 0.267. The molecule has 1 amide bonds. The number of hydrogen-bond donors (Lipinski definition) is 1. The predicted molar refractivity (Wildman–Crippen MR) is 81.4 cm³/mol. The zero-order valence-corrected chi connectivity index (χ0v) is 12.6. The van der Waals surface area contributed by atoms with Gasteiger partial charge in [0.05, 0.1) is 12.2 Å². The van der Waals surface area contributed by atoms with Crippen LogP contribution in [0.5, 0.6) is 0 Å². The third kappa shape index (κ3) is 4.22. The molecule has 110 valence electrons. The minimum absolute atomic E-state index is 0.267. The highest BCUT2D eigenvalue weighted by atomic mass is 16.2. The molecular weight excluding hydrogens is 250 g/mol. The molecule has 1 fully saturated rings. The van der Waals surface area contributed by atoms with E-state index in [1.54, 1.807) is 0 Å². The number of likely N-dealkylation sites (tertiary alicyclic amines) is 1. The summed E-state index contributed by atoms with van der Waals surface area (Å²) in [6, 6.07) is 4.03. The van der Waals surface area contributed by atoms with E-state index in [1.165, 1.54) is 0 Å². The normalized spacial score (nSPS) is 19.8. The highest BCUT2D eigenvalue weighted by molar-refractivity contribution is 5.76. The monoisotopic (exact) mass is 275 g/mol. The van der Waals surface area contributed by atoms with Crippen molar-refractivity contribution in [1.29, 1.82) is 0 Å². The topological polar surface area (TPSA) is 45.2 Å². The summed E-state index contributed by atoms with van der Waals surface area (Å²) < 4.78 is 0. The Balaban J connectivity index is 1.99. The number of anilines is 1. The molecule has 2 rings (SSSR count). The summed E-state index contributed by atoms with van der Waals surface area (Å²) in [5, 5.41) is 3.36. The number of nitrogens with zero attached hydrogens (tertiary/aromatic N) is 2. The Labute approximate surface area is 121 Å². The van der Waals surface area contributed by atoms with Crippen LogP contribution >= 0.6 is 0 Å². The standard InChI is InChI=1S/C16H25N3O/c1-3-8-17-14-6-9-18-15(11-14)12-19-10-7-13(2)4-5-16(19)20/h6,9,11,13H,3-5,7-8,10,12H2,1-2H3,(H,17,18). The highest BCUT2D eigenvalue weighted by Crippen LogP contribution is 2.19. The number of carbonyl (C=O) groups is 1. The molecule has 0 aromatic carbocycles. The first-order chi connectivity index (χ1) is 9.69. The van der Waals surface area contributed by atoms with Crippen molar-refractivity contribution in [3.05, 3.63) is 24.0 Å². The maximum Gasteiger partial charge on any atom is 0.222 e. The fourth-order valence-corrected chi connectivity index (χ4v) is 2.48. The molecule has 4 nitrogen and oxygen atoms in total. The number of aromatic nitrogens is 1. The van der Waals surface area contributed by atoms with Crippen molar-refractivity contribution in [2.45, 2.75) is 46.1 Å². The van der Waals surface area contributed by atoms with Gasteiger partial charge in [-0.25, -0.2) is 0 Å². The van der Waals surface area contributed by atoms with Crippen LogP contribution in [0.2, 0.25) is 0 Å². The second-order valence-electron chi connectivity index (χ2n) is 5.71. The van der Waals surface area contributed by atoms with Crippen molar-refractivity contribution in [3.63, 3.8) is 0 Å². The molecule has 1 N–H and O–H groups in total. The van der Waals surface area contributed by atoms with Gasteiger partial charge in [-0.15, -0.1) is 0 Å². The molecule has 2 heterocycles. The van der Waals surface area contributed by atoms with Crippen molar-refractivity contribution < 1.29 is 4.79 Å². The van der Waals surface area contributed by atoms with Crippen molar-refractivity contribution in [2.75, 3.05) is 18.4 Å². The Hall–Kier alpha value is -1.58. The van der Waals surface area contributed by atoms with Gasteiger partial charge in [0.25, 0.3) is 0 Å². The van der Waals surface area contributed by atoms with Crippen LogP contribution in [0.3, 0.4) is 0 Å². The Morgan fingerprint density at radius 2 is 2.30 bits per heavy atom. The van der Waals surface area contributed by atoms with Crippen molar-refractivity contribution in [2.24, 2.45) is 5.92 Å². The second kappa shape index (κ2) is 7.27. The van der Waals surface area contributed by atoms with Gasteiger partial charge < -0.3 is 10.2 Å². The van der Waals surface area contributed by atoms with Gasteiger partial charge in [0, 0.05) is 31.4 Å². The first kappa shape index (κ1) is 14.8. The third-order valence-electron chi connectivity index (χ3n) is 3.84. The number of carbonyl (C=O) groups excluding carboxylic acids is 1. The average Bonchev–Trinajstić information content (AvgIpc) is 2.61. The van der Waals surface area contributed by atoms with E-state index in [1.807, 2.05) is 17.2 Å². The third-order valence-corrected chi connectivity index (χ3v) is 3.84. The van der Waals surface area contributed by atoms with E-state index < -0.39 is 0 Å². The predicted octanol–water partition coefficient (Wildman–Crippen LogP) is 3.05. The Bertz CT molecular complexity index is 447. The zero-order chi connectivity index (χ0) is 14.4. The average molecular weight is 275 g/mol. The Morgan fingerprint density at radius 1 is 1.45 bits per heavy atom. The number of rotatable bonds is 5. The van der Waals surface area contributed by atoms with E-state index in [9.17, 15) is 4.79 Å². The molecule has 0 spiro atoms. The first-order valence-corrected chi connectivity index (χ1v) is 7.65. The van der Waals surface area contributed by atoms with Gasteiger partial charge in [0.1, 0.15) is 0 Å². The smallest absolute Gasteiger partial charge is 0.222 e. The van der Waals surface area contributed by atoms with E-state index >= 15 is 0 Å². The Morgan fingerprint density at radius 3 is 3.10 bits per heavy atom. The van der Waals surface area contributed by atoms with E-state index in [4.69, 9.17) is 0 Å². The number of hydrogen-bond acceptors (Lipinski definition) is 3. The molecule has 1 aromatic heterocycles. The molecule has 1 unspecified atom stereocenters. The molecule has 1 aliphatic rings. The zero-order valence-electron chi connectivity index (χ0n) is 12.6. The van der Waals surface area contributed by atoms with Gasteiger partial charge in [0.2, 0.25) is 5.91 Å². The van der Waals surface area contributed by atoms with Crippen LogP contribution in [0.4, 0.5) is 5.69 Å². The van der Waals surface area contributed by atoms with Gasteiger partial charge in [0.15, 0.2) is 0 Å². The van der Waals surface area contributed by atoms with E-state index in [0.717, 1.165) is 43.7 Å². The van der Waals surface area contributed by atoms with Crippen molar-refractivity contribution >= 4 is 11.6 Å². The first-order valence-electron chi connectivity index (χ1n) is 7.65. The summed E-state index contributed by atoms with van der Waals surface area (Å²) in [6.45, 7) is 6.82. The molecular formula is C16H25N3O. The number of amides is 1. The number of pyridine rings is 1. The molecule has 0 aliphatic carbocycles. The van der Waals surface area contributed by atoms with Crippen molar-refractivity contribution in [3.8, 4) is 0 Å². The summed E-state index contributed by atoms with van der Waals surface area (Å²) in [7, 11) is 0. The molecule has 1 aliphatic heterocycles. The molecule has 0 saturated carbocycles. The second-order valence-corrected chi connectivity index (χ2v) is 5.71. The lowest BCUT2D eigenvalue weighted by atomic mass is 10.0. The minimum Gasteiger partial charge on any atom is -0.385 e. The Kier molecular flexibility index (Phi) is 5.39. The van der Waals surface area contributed by atoms with Gasteiger partial charge in [-0.2, -0.15) is 0 Å². The van der Waals surface area contributed by atoms with Gasteiger partial charge >= 0.3 is 0 Å². The van der Waals surface area contributed by atoms with Crippen molar-refractivity contribution in [1.82, 2.24) is 9.88 Å². The molecule has 0 radical (unpaired) electrons. The van der Waals surface area contributed by atoms with Gasteiger partial charge in [-0.05, 0) is 37.3 Å². The summed E-state index contributed by atoms with van der Waals surface area (Å²) in [5.74, 6) is 0.914. The van der Waals surface area contributed by atoms with Crippen LogP contribution in [0, 0.1) is 5.92 Å². The van der Waals surface area contributed by atoms with Crippen LogP contribution < -0.4 is 5.32 Å². The SMILES string of the molecule is CCCNc1ccnc(CN2CCC(C)CCC2=O)c1. The maximum absolute atomic E-state index is 12.1. The van der Waals surface area contributed by atoms with Crippen LogP contribution in [0.25, 0.3) is 0 Å². The van der Waals surface area contributed by atoms with Crippen LogP contribution in [0.1, 0.15) is 45.2 Å². The lowest BCUT2D eigenvalue weighted by Gasteiger charge is -2.20. The van der Waals surface area contributed by atoms with E-state index in [2.05, 4.69) is 30.2 Å². The molecule has 20 heavy (non-hydrogen) atoms. The van der Waals surface area contributed by atoms with E-state index in [-0.39, 0.29) is 5.91 Å². The summed E-state index contributed by atoms with van der Waals surface area (Å²) in [6.07, 6.45) is 5.70. The van der Waals surface area contributed by atoms with Crippen LogP contribution in [0.15, 0.2) is 18.3 Å². The fourth-order valence-electron chi connectivity index (χ4n) is 2.48. The molecule has 4 heteroatoms. The largest absolute Gasteiger partial charge is 0.385 e. The van der Waals surface area contributed by atoms with Gasteiger partial charge in [-0.3, -0.25) is 9.78 Å². The van der Waals surface area contributed by atoms with Crippen LogP contribution in [-0.4, -0.2) is 28.9 Å². The van der Waals surface area contributed by atoms with Crippen LogP contribution in [-0.2, 0) is 11.3 Å². The summed E-state index contributed by atoms with van der Waals surface area (Å²) >= 11 is 0. The fraction of sp³-hybridized carbons (Fsp3) is 0.625. The van der Waals surface area contributed by atoms with Gasteiger partial charge in [-0.1, -0.05) is 13.8 Å². The number of nitrogens with one attached hydrogen (secondary N) is 1. The maximum atomic E-state index is 12.1. The molecule has 1 saturated heterocycles. The summed E-state index contributed by atoms with van der Waals surface area (Å²) in [5.41, 5.74) is 2.06.